The number of carbonyl (C=O) groups excluding carboxylic acids is 1. The van der Waals surface area contributed by atoms with Crippen LogP contribution in [0.3, 0.4) is 0 Å². The second-order valence-electron chi connectivity index (χ2n) is 7.61. The van der Waals surface area contributed by atoms with Crippen molar-refractivity contribution in [2.24, 2.45) is 0 Å². The zero-order valence-corrected chi connectivity index (χ0v) is 18.7. The first kappa shape index (κ1) is 21.6. The Balaban J connectivity index is 1.64. The van der Waals surface area contributed by atoms with Crippen LogP contribution >= 0.6 is 0 Å². The second-order valence-corrected chi connectivity index (χ2v) is 7.61. The Kier molecular flexibility index (Phi) is 7.19. The average Bonchev–Trinajstić information content (AvgIpc) is 2.85. The third-order valence-corrected chi connectivity index (χ3v) is 5.35. The van der Waals surface area contributed by atoms with E-state index in [0.717, 1.165) is 40.6 Å². The third-order valence-electron chi connectivity index (χ3n) is 5.35. The van der Waals surface area contributed by atoms with Crippen molar-refractivity contribution in [3.05, 3.63) is 108 Å². The number of allylic oxidation sites excluding steroid dienone is 2. The van der Waals surface area contributed by atoms with Crippen molar-refractivity contribution in [1.29, 1.82) is 0 Å². The Morgan fingerprint density at radius 1 is 0.781 bits per heavy atom. The molecule has 0 spiro atoms. The maximum absolute atomic E-state index is 6.33. The highest BCUT2D eigenvalue weighted by atomic mass is 16.5. The van der Waals surface area contributed by atoms with Gasteiger partial charge in [-0.25, -0.2) is 4.42 Å². The highest BCUT2D eigenvalue weighted by molar-refractivity contribution is 5.96. The summed E-state index contributed by atoms with van der Waals surface area (Å²) in [6.07, 6.45) is 7.20. The smallest absolute Gasteiger partial charge is 0.356 e. The summed E-state index contributed by atoms with van der Waals surface area (Å²) in [6, 6.07) is 26.7. The second kappa shape index (κ2) is 10.6. The number of rotatable bonds is 8. The molecule has 0 aliphatic carbocycles. The zero-order valence-electron chi connectivity index (χ0n) is 18.7. The summed E-state index contributed by atoms with van der Waals surface area (Å²) in [4.78, 5) is 0. The molecule has 0 fully saturated rings. The van der Waals surface area contributed by atoms with Gasteiger partial charge in [-0.3, -0.25) is 0 Å². The molecule has 0 radical (unpaired) electrons. The van der Waals surface area contributed by atoms with Gasteiger partial charge in [0.1, 0.15) is 11.5 Å². The van der Waals surface area contributed by atoms with Crippen molar-refractivity contribution < 1.29 is 13.9 Å². The summed E-state index contributed by atoms with van der Waals surface area (Å²) in [5, 5.41) is 0. The average molecular weight is 426 g/mol. The van der Waals surface area contributed by atoms with Crippen LogP contribution in [-0.2, 0) is 4.42 Å². The molecule has 1 unspecified atom stereocenters. The van der Waals surface area contributed by atoms with E-state index in [1.807, 2.05) is 56.3 Å². The molecule has 0 saturated carbocycles. The molecule has 1 atom stereocenters. The van der Waals surface area contributed by atoms with Gasteiger partial charge in [-0.1, -0.05) is 42.5 Å². The van der Waals surface area contributed by atoms with Gasteiger partial charge in [0, 0.05) is 18.1 Å². The minimum atomic E-state index is 0.219. The van der Waals surface area contributed by atoms with Crippen LogP contribution in [0.1, 0.15) is 42.9 Å². The van der Waals surface area contributed by atoms with E-state index in [1.165, 1.54) is 5.56 Å². The minimum absolute atomic E-state index is 0.219. The van der Waals surface area contributed by atoms with Crippen LogP contribution in [0.2, 0.25) is 0 Å². The van der Waals surface area contributed by atoms with Crippen molar-refractivity contribution in [3.8, 4) is 11.5 Å². The molecule has 0 saturated heterocycles. The first-order valence-corrected chi connectivity index (χ1v) is 11.2. The SMILES string of the molecule is CCOc1ccc(C2=CC(c3ccc(OCC)cc3)CC(/C=C/c3ccccc3)=[O+]2)cc1. The monoisotopic (exact) mass is 425 g/mol. The molecule has 162 valence electrons. The summed E-state index contributed by atoms with van der Waals surface area (Å²) < 4.78 is 17.5. The Morgan fingerprint density at radius 3 is 2.03 bits per heavy atom. The van der Waals surface area contributed by atoms with Crippen molar-refractivity contribution in [1.82, 2.24) is 0 Å². The van der Waals surface area contributed by atoms with Gasteiger partial charge in [0.25, 0.3) is 0 Å². The van der Waals surface area contributed by atoms with Crippen LogP contribution in [0, 0.1) is 0 Å². The van der Waals surface area contributed by atoms with Gasteiger partial charge in [0.15, 0.2) is 0 Å². The molecular formula is C29H29O3+. The fourth-order valence-electron chi connectivity index (χ4n) is 3.76. The lowest BCUT2D eigenvalue weighted by molar-refractivity contribution is -0.346. The fraction of sp³-hybridized carbons (Fsp3) is 0.207. The summed E-state index contributed by atoms with van der Waals surface area (Å²) in [5.74, 6) is 3.79. The number of hydrogen-bond donors (Lipinski definition) is 0. The standard InChI is InChI=1S/C29H29O3/c1-3-30-26-16-11-23(12-17-26)25-20-28(15-10-22-8-6-5-7-9-22)32-29(21-25)24-13-18-27(19-14-24)31-4-2/h5-19,21,25H,3-4,20H2,1-2H3/q+1/b15-10+. The van der Waals surface area contributed by atoms with Gasteiger partial charge in [-0.2, -0.15) is 0 Å². The normalized spacial score (nSPS) is 15.9. The van der Waals surface area contributed by atoms with E-state index in [0.29, 0.717) is 13.2 Å². The molecule has 4 rings (SSSR count). The largest absolute Gasteiger partial charge is 0.494 e. The van der Waals surface area contributed by atoms with Crippen LogP contribution in [0.15, 0.2) is 91.0 Å². The molecule has 3 nitrogen and oxygen atoms in total. The number of ketones is 1. The quantitative estimate of drug-likeness (QED) is 0.292. The molecule has 3 heteroatoms. The van der Waals surface area contributed by atoms with E-state index >= 15 is 0 Å². The molecular weight excluding hydrogens is 396 g/mol. The van der Waals surface area contributed by atoms with Crippen LogP contribution in [0.5, 0.6) is 11.5 Å². The summed E-state index contributed by atoms with van der Waals surface area (Å²) in [7, 11) is 0. The Morgan fingerprint density at radius 2 is 1.41 bits per heavy atom. The molecule has 1 heterocycles. The van der Waals surface area contributed by atoms with Crippen molar-refractivity contribution >= 4 is 17.6 Å². The topological polar surface area (TPSA) is 29.8 Å². The molecule has 3 aromatic carbocycles. The number of benzene rings is 3. The van der Waals surface area contributed by atoms with Gasteiger partial charge in [0.2, 0.25) is 0 Å². The van der Waals surface area contributed by atoms with E-state index < -0.39 is 0 Å². The lowest BCUT2D eigenvalue weighted by Crippen LogP contribution is -2.12. The lowest BCUT2D eigenvalue weighted by atomic mass is 9.90. The fourth-order valence-corrected chi connectivity index (χ4v) is 3.76. The molecule has 0 bridgehead atoms. The van der Waals surface area contributed by atoms with Crippen LogP contribution in [-0.4, -0.2) is 19.0 Å². The van der Waals surface area contributed by atoms with Crippen molar-refractivity contribution in [2.45, 2.75) is 26.2 Å². The Bertz CT molecular complexity index is 1090. The van der Waals surface area contributed by atoms with E-state index in [2.05, 4.69) is 54.6 Å². The molecule has 3 aromatic rings. The molecule has 32 heavy (non-hydrogen) atoms. The Labute approximate surface area is 190 Å². The predicted octanol–water partition coefficient (Wildman–Crippen LogP) is 6.83. The van der Waals surface area contributed by atoms with Crippen molar-refractivity contribution in [3.63, 3.8) is 0 Å². The number of ether oxygens (including phenoxy) is 2. The lowest BCUT2D eigenvalue weighted by Gasteiger charge is -2.14. The van der Waals surface area contributed by atoms with Crippen molar-refractivity contribution in [2.75, 3.05) is 13.2 Å². The minimum Gasteiger partial charge on any atom is -0.494 e. The van der Waals surface area contributed by atoms with E-state index in [1.54, 1.807) is 0 Å². The van der Waals surface area contributed by atoms with Crippen LogP contribution in [0.25, 0.3) is 11.8 Å². The van der Waals surface area contributed by atoms with Crippen LogP contribution in [0.4, 0.5) is 0 Å². The summed E-state index contributed by atoms with van der Waals surface area (Å²) in [5.41, 5.74) is 3.43. The van der Waals surface area contributed by atoms with Gasteiger partial charge < -0.3 is 9.47 Å². The summed E-state index contributed by atoms with van der Waals surface area (Å²) >= 11 is 0. The molecule has 1 aliphatic rings. The number of hydrogen-bond acceptors (Lipinski definition) is 2. The third kappa shape index (κ3) is 5.55. The first-order valence-electron chi connectivity index (χ1n) is 11.2. The van der Waals surface area contributed by atoms with E-state index in [4.69, 9.17) is 13.9 Å². The zero-order chi connectivity index (χ0) is 22.2. The highest BCUT2D eigenvalue weighted by Crippen LogP contribution is 2.32. The van der Waals surface area contributed by atoms with Gasteiger partial charge in [-0.05, 0) is 67.4 Å². The molecule has 0 aromatic heterocycles. The first-order chi connectivity index (χ1) is 15.7. The Hall–Kier alpha value is -3.59. The molecule has 1 aliphatic heterocycles. The van der Waals surface area contributed by atoms with Gasteiger partial charge in [-0.15, -0.1) is 0 Å². The van der Waals surface area contributed by atoms with Crippen LogP contribution < -0.4 is 9.47 Å². The molecule has 0 N–H and O–H groups in total. The van der Waals surface area contributed by atoms with Gasteiger partial charge in [0.05, 0.1) is 25.2 Å². The maximum atomic E-state index is 6.33. The maximum Gasteiger partial charge on any atom is 0.356 e. The van der Waals surface area contributed by atoms with Gasteiger partial charge >= 0.3 is 11.5 Å². The summed E-state index contributed by atoms with van der Waals surface area (Å²) in [6.45, 7) is 5.31. The predicted molar refractivity (Wildman–Crippen MR) is 131 cm³/mol. The van der Waals surface area contributed by atoms with E-state index in [9.17, 15) is 0 Å². The highest BCUT2D eigenvalue weighted by Gasteiger charge is 2.29. The van der Waals surface area contributed by atoms with E-state index in [-0.39, 0.29) is 5.92 Å². The molecule has 0 amide bonds.